The maximum Gasteiger partial charge on any atom is 0.271 e. The zero-order valence-electron chi connectivity index (χ0n) is 13.2. The van der Waals surface area contributed by atoms with E-state index in [9.17, 15) is 14.4 Å². The third kappa shape index (κ3) is 4.91. The smallest absolute Gasteiger partial charge is 0.271 e. The summed E-state index contributed by atoms with van der Waals surface area (Å²) in [5, 5.41) is 10.5. The summed E-state index contributed by atoms with van der Waals surface area (Å²) in [7, 11) is 0. The third-order valence-corrected chi connectivity index (χ3v) is 3.14. The molecular weight excluding hydrogens is 296 g/mol. The first-order valence-corrected chi connectivity index (χ1v) is 7.49. The maximum atomic E-state index is 12.2. The Morgan fingerprint density at radius 1 is 1.22 bits per heavy atom. The van der Waals surface area contributed by atoms with Crippen molar-refractivity contribution in [2.24, 2.45) is 5.10 Å². The van der Waals surface area contributed by atoms with E-state index in [2.05, 4.69) is 15.7 Å². The highest BCUT2D eigenvalue weighted by molar-refractivity contribution is 6.43. The number of hydrogen-bond donors (Lipinski definition) is 2. The molecule has 0 aliphatic carbocycles. The molecule has 0 atom stereocenters. The summed E-state index contributed by atoms with van der Waals surface area (Å²) in [5.41, 5.74) is 0.895. The third-order valence-electron chi connectivity index (χ3n) is 3.14. The molecule has 7 nitrogen and oxygen atoms in total. The number of carbonyl (C=O) groups excluding carboxylic acids is 3. The van der Waals surface area contributed by atoms with Crippen LogP contribution in [0.5, 0.6) is 0 Å². The zero-order valence-corrected chi connectivity index (χ0v) is 13.2. The van der Waals surface area contributed by atoms with Crippen LogP contribution in [0.2, 0.25) is 0 Å². The molecule has 0 fully saturated rings. The highest BCUT2D eigenvalue weighted by Gasteiger charge is 2.26. The topological polar surface area (TPSA) is 90.9 Å². The number of nitrogens with one attached hydrogen (secondary N) is 2. The Labute approximate surface area is 134 Å². The average Bonchev–Trinajstić information content (AvgIpc) is 2.49. The minimum Gasteiger partial charge on any atom is -0.352 e. The Morgan fingerprint density at radius 2 is 1.91 bits per heavy atom. The second-order valence-electron chi connectivity index (χ2n) is 5.54. The zero-order chi connectivity index (χ0) is 16.8. The molecule has 1 aromatic rings. The number of carbonyl (C=O) groups is 3. The molecule has 0 bridgehead atoms. The van der Waals surface area contributed by atoms with Gasteiger partial charge in [-0.05, 0) is 26.0 Å². The number of benzene rings is 1. The summed E-state index contributed by atoms with van der Waals surface area (Å²) in [4.78, 5) is 35.8. The first kappa shape index (κ1) is 16.7. The molecular formula is C16H20N4O3. The van der Waals surface area contributed by atoms with Crippen LogP contribution in [0.15, 0.2) is 35.4 Å². The van der Waals surface area contributed by atoms with Crippen LogP contribution in [0.25, 0.3) is 0 Å². The lowest BCUT2D eigenvalue weighted by Crippen LogP contribution is -2.43. The van der Waals surface area contributed by atoms with Crippen molar-refractivity contribution >= 4 is 29.1 Å². The molecule has 7 heteroatoms. The standard InChI is InChI=1S/C16H20N4O3/c1-11(2)17-14(21)10-20-15(22)9-8-13(19-20)16(23)18-12-6-4-3-5-7-12/h3-7,11H,8-10H2,1-2H3,(H,17,21)(H,18,23). The van der Waals surface area contributed by atoms with Crippen LogP contribution in [0, 0.1) is 0 Å². The van der Waals surface area contributed by atoms with Crippen molar-refractivity contribution in [3.8, 4) is 0 Å². The van der Waals surface area contributed by atoms with Gasteiger partial charge in [0.25, 0.3) is 5.91 Å². The molecule has 3 amide bonds. The van der Waals surface area contributed by atoms with Crippen molar-refractivity contribution in [1.29, 1.82) is 0 Å². The summed E-state index contributed by atoms with van der Waals surface area (Å²) >= 11 is 0. The number of amides is 3. The first-order valence-electron chi connectivity index (χ1n) is 7.49. The molecule has 0 unspecified atom stereocenters. The lowest BCUT2D eigenvalue weighted by Gasteiger charge is -2.23. The molecule has 0 radical (unpaired) electrons. The van der Waals surface area contributed by atoms with E-state index < -0.39 is 0 Å². The fraction of sp³-hybridized carbons (Fsp3) is 0.375. The predicted octanol–water partition coefficient (Wildman–Crippen LogP) is 1.13. The highest BCUT2D eigenvalue weighted by Crippen LogP contribution is 2.12. The Hall–Kier alpha value is -2.70. The summed E-state index contributed by atoms with van der Waals surface area (Å²) < 4.78 is 0. The molecule has 0 saturated heterocycles. The number of anilines is 1. The number of rotatable bonds is 5. The van der Waals surface area contributed by atoms with Gasteiger partial charge in [-0.25, -0.2) is 5.01 Å². The minimum absolute atomic E-state index is 0.0211. The van der Waals surface area contributed by atoms with Gasteiger partial charge in [0.05, 0.1) is 0 Å². The number of hydrogen-bond acceptors (Lipinski definition) is 4. The largest absolute Gasteiger partial charge is 0.352 e. The molecule has 2 rings (SSSR count). The van der Waals surface area contributed by atoms with Gasteiger partial charge < -0.3 is 10.6 Å². The molecule has 2 N–H and O–H groups in total. The Bertz CT molecular complexity index is 625. The predicted molar refractivity (Wildman–Crippen MR) is 86.7 cm³/mol. The van der Waals surface area contributed by atoms with Gasteiger partial charge in [-0.3, -0.25) is 14.4 Å². The van der Waals surface area contributed by atoms with Gasteiger partial charge in [-0.2, -0.15) is 5.10 Å². The van der Waals surface area contributed by atoms with E-state index in [1.807, 2.05) is 32.0 Å². The van der Waals surface area contributed by atoms with Crippen molar-refractivity contribution in [1.82, 2.24) is 10.3 Å². The van der Waals surface area contributed by atoms with Crippen LogP contribution in [0.3, 0.4) is 0 Å². The fourth-order valence-electron chi connectivity index (χ4n) is 2.12. The average molecular weight is 316 g/mol. The van der Waals surface area contributed by atoms with E-state index in [0.717, 1.165) is 5.01 Å². The molecule has 23 heavy (non-hydrogen) atoms. The maximum absolute atomic E-state index is 12.2. The number of nitrogens with zero attached hydrogens (tertiary/aromatic N) is 2. The van der Waals surface area contributed by atoms with E-state index >= 15 is 0 Å². The van der Waals surface area contributed by atoms with E-state index in [0.29, 0.717) is 5.69 Å². The Morgan fingerprint density at radius 3 is 2.57 bits per heavy atom. The van der Waals surface area contributed by atoms with Crippen LogP contribution in [-0.4, -0.2) is 41.0 Å². The molecule has 0 saturated carbocycles. The van der Waals surface area contributed by atoms with Gasteiger partial charge in [-0.15, -0.1) is 0 Å². The lowest BCUT2D eigenvalue weighted by molar-refractivity contribution is -0.136. The summed E-state index contributed by atoms with van der Waals surface area (Å²) in [6, 6.07) is 8.98. The van der Waals surface area contributed by atoms with Crippen LogP contribution in [-0.2, 0) is 14.4 Å². The van der Waals surface area contributed by atoms with Crippen molar-refractivity contribution in [3.63, 3.8) is 0 Å². The van der Waals surface area contributed by atoms with Crippen LogP contribution >= 0.6 is 0 Å². The number of para-hydroxylation sites is 1. The molecule has 122 valence electrons. The normalized spacial score (nSPS) is 14.5. The van der Waals surface area contributed by atoms with Gasteiger partial charge in [-0.1, -0.05) is 18.2 Å². The second-order valence-corrected chi connectivity index (χ2v) is 5.54. The van der Waals surface area contributed by atoms with Crippen LogP contribution in [0.4, 0.5) is 5.69 Å². The Balaban J connectivity index is 2.03. The molecule has 1 aliphatic heterocycles. The summed E-state index contributed by atoms with van der Waals surface area (Å²) in [6.07, 6.45) is 0.426. The second kappa shape index (κ2) is 7.53. The van der Waals surface area contributed by atoms with Crippen LogP contribution < -0.4 is 10.6 Å². The lowest BCUT2D eigenvalue weighted by atomic mass is 10.1. The molecule has 0 aromatic heterocycles. The molecule has 0 spiro atoms. The van der Waals surface area contributed by atoms with Crippen LogP contribution in [0.1, 0.15) is 26.7 Å². The van der Waals surface area contributed by atoms with E-state index in [1.54, 1.807) is 12.1 Å². The van der Waals surface area contributed by atoms with Gasteiger partial charge in [0.1, 0.15) is 12.3 Å². The SMILES string of the molecule is CC(C)NC(=O)CN1N=C(C(=O)Nc2ccccc2)CCC1=O. The van der Waals surface area contributed by atoms with Crippen molar-refractivity contribution in [2.75, 3.05) is 11.9 Å². The van der Waals surface area contributed by atoms with Gasteiger partial charge in [0.2, 0.25) is 11.8 Å². The van der Waals surface area contributed by atoms with Gasteiger partial charge in [0, 0.05) is 24.6 Å². The van der Waals surface area contributed by atoms with E-state index in [-0.39, 0.29) is 48.9 Å². The van der Waals surface area contributed by atoms with E-state index in [1.165, 1.54) is 0 Å². The fourth-order valence-corrected chi connectivity index (χ4v) is 2.12. The van der Waals surface area contributed by atoms with E-state index in [4.69, 9.17) is 0 Å². The highest BCUT2D eigenvalue weighted by atomic mass is 16.2. The number of hydrazone groups is 1. The van der Waals surface area contributed by atoms with Gasteiger partial charge in [0.15, 0.2) is 0 Å². The summed E-state index contributed by atoms with van der Waals surface area (Å²) in [5.74, 6) is -0.931. The van der Waals surface area contributed by atoms with Gasteiger partial charge >= 0.3 is 0 Å². The molecule has 1 aliphatic rings. The van der Waals surface area contributed by atoms with Crippen molar-refractivity contribution in [3.05, 3.63) is 30.3 Å². The first-order chi connectivity index (χ1) is 11.0. The Kier molecular flexibility index (Phi) is 5.46. The summed E-state index contributed by atoms with van der Waals surface area (Å²) in [6.45, 7) is 3.48. The van der Waals surface area contributed by atoms with Crippen molar-refractivity contribution in [2.45, 2.75) is 32.7 Å². The minimum atomic E-state index is -0.363. The quantitative estimate of drug-likeness (QED) is 0.853. The van der Waals surface area contributed by atoms with Crippen molar-refractivity contribution < 1.29 is 14.4 Å². The molecule has 1 heterocycles. The molecule has 1 aromatic carbocycles. The monoisotopic (exact) mass is 316 g/mol.